The fourth-order valence-corrected chi connectivity index (χ4v) is 2.31. The first kappa shape index (κ1) is 12.4. The summed E-state index contributed by atoms with van der Waals surface area (Å²) in [6.07, 6.45) is 1.79. The zero-order chi connectivity index (χ0) is 14.1. The van der Waals surface area contributed by atoms with E-state index < -0.39 is 0 Å². The van der Waals surface area contributed by atoms with Crippen LogP contribution in [0.3, 0.4) is 0 Å². The summed E-state index contributed by atoms with van der Waals surface area (Å²) in [7, 11) is 0. The molecule has 0 spiro atoms. The third kappa shape index (κ3) is 2.05. The number of allylic oxidation sites excluding steroid dienone is 1. The molecule has 20 heavy (non-hydrogen) atoms. The minimum Gasteiger partial charge on any atom is -0.399 e. The number of anilines is 1. The van der Waals surface area contributed by atoms with Crippen molar-refractivity contribution in [3.8, 4) is 11.4 Å². The number of nitrogens with two attached hydrogens (primary N) is 1. The Hall–Kier alpha value is -2.62. The van der Waals surface area contributed by atoms with Crippen LogP contribution >= 0.6 is 0 Å². The molecule has 2 aromatic carbocycles. The summed E-state index contributed by atoms with van der Waals surface area (Å²) in [5.74, 6) is 0.434. The second-order valence-electron chi connectivity index (χ2n) is 4.59. The van der Waals surface area contributed by atoms with Crippen molar-refractivity contribution < 1.29 is 4.39 Å². The molecular formula is C16H14FN3. The number of nitrogen functional groups attached to an aromatic ring is 1. The maximum Gasteiger partial charge on any atom is 0.141 e. The number of benzene rings is 2. The molecule has 0 amide bonds. The largest absolute Gasteiger partial charge is 0.399 e. The van der Waals surface area contributed by atoms with Crippen molar-refractivity contribution in [3.05, 3.63) is 60.9 Å². The Morgan fingerprint density at radius 3 is 2.85 bits per heavy atom. The van der Waals surface area contributed by atoms with Gasteiger partial charge in [-0.25, -0.2) is 9.37 Å². The molecule has 3 aromatic rings. The van der Waals surface area contributed by atoms with Crippen LogP contribution < -0.4 is 5.73 Å². The van der Waals surface area contributed by atoms with Crippen LogP contribution in [-0.2, 0) is 6.54 Å². The normalized spacial score (nSPS) is 10.8. The molecule has 0 bridgehead atoms. The lowest BCUT2D eigenvalue weighted by atomic mass is 10.2. The first-order chi connectivity index (χ1) is 9.69. The molecule has 3 rings (SSSR count). The van der Waals surface area contributed by atoms with E-state index in [1.54, 1.807) is 12.1 Å². The van der Waals surface area contributed by atoms with Crippen LogP contribution in [0.1, 0.15) is 0 Å². The number of imidazole rings is 1. The van der Waals surface area contributed by atoms with Crippen LogP contribution in [0.25, 0.3) is 22.4 Å². The van der Waals surface area contributed by atoms with E-state index in [0.29, 0.717) is 18.1 Å². The third-order valence-electron chi connectivity index (χ3n) is 3.17. The number of hydrogen-bond donors (Lipinski definition) is 1. The summed E-state index contributed by atoms with van der Waals surface area (Å²) < 4.78 is 15.4. The Balaban J connectivity index is 2.28. The molecule has 100 valence electrons. The lowest BCUT2D eigenvalue weighted by molar-refractivity contribution is 0.628. The minimum absolute atomic E-state index is 0.278. The van der Waals surface area contributed by atoms with E-state index in [2.05, 4.69) is 11.6 Å². The van der Waals surface area contributed by atoms with Gasteiger partial charge in [-0.2, -0.15) is 0 Å². The zero-order valence-electron chi connectivity index (χ0n) is 10.9. The molecular weight excluding hydrogens is 253 g/mol. The van der Waals surface area contributed by atoms with Crippen molar-refractivity contribution in [1.82, 2.24) is 9.55 Å². The van der Waals surface area contributed by atoms with Crippen LogP contribution in [-0.4, -0.2) is 9.55 Å². The van der Waals surface area contributed by atoms with Crippen molar-refractivity contribution in [1.29, 1.82) is 0 Å². The number of nitrogens with zero attached hydrogens (tertiary/aromatic N) is 2. The molecule has 1 aromatic heterocycles. The van der Waals surface area contributed by atoms with Crippen molar-refractivity contribution in [2.24, 2.45) is 0 Å². The van der Waals surface area contributed by atoms with Crippen LogP contribution in [0.5, 0.6) is 0 Å². The highest BCUT2D eigenvalue weighted by Crippen LogP contribution is 2.26. The number of rotatable bonds is 3. The van der Waals surface area contributed by atoms with Gasteiger partial charge in [0.15, 0.2) is 0 Å². The van der Waals surface area contributed by atoms with Crippen LogP contribution in [0.15, 0.2) is 55.1 Å². The van der Waals surface area contributed by atoms with E-state index in [4.69, 9.17) is 5.73 Å². The van der Waals surface area contributed by atoms with Crippen molar-refractivity contribution in [3.63, 3.8) is 0 Å². The van der Waals surface area contributed by atoms with Gasteiger partial charge in [-0.15, -0.1) is 6.58 Å². The Labute approximate surface area is 116 Å². The first-order valence-electron chi connectivity index (χ1n) is 6.31. The molecule has 0 aliphatic rings. The van der Waals surface area contributed by atoms with E-state index in [9.17, 15) is 4.39 Å². The predicted octanol–water partition coefficient (Wildman–Crippen LogP) is 3.61. The molecule has 4 heteroatoms. The summed E-state index contributed by atoms with van der Waals surface area (Å²) in [6.45, 7) is 4.37. The van der Waals surface area contributed by atoms with E-state index in [0.717, 1.165) is 16.6 Å². The van der Waals surface area contributed by atoms with E-state index in [-0.39, 0.29) is 5.82 Å². The number of hydrogen-bond acceptors (Lipinski definition) is 2. The second kappa shape index (κ2) is 4.81. The Bertz CT molecular complexity index is 790. The standard InChI is InChI=1S/C16H14FN3/c1-2-8-20-15-7-6-13(18)10-14(15)19-16(20)11-4-3-5-12(17)9-11/h2-7,9-10H,1,8,18H2. The SMILES string of the molecule is C=CCn1c(-c2cccc(F)c2)nc2cc(N)ccc21. The van der Waals surface area contributed by atoms with Gasteiger partial charge >= 0.3 is 0 Å². The summed E-state index contributed by atoms with van der Waals surface area (Å²) in [4.78, 5) is 4.57. The fourth-order valence-electron chi connectivity index (χ4n) is 2.31. The van der Waals surface area contributed by atoms with Gasteiger partial charge in [-0.05, 0) is 30.3 Å². The van der Waals surface area contributed by atoms with E-state index in [1.807, 2.05) is 28.8 Å². The summed E-state index contributed by atoms with van der Waals surface area (Å²) in [6, 6.07) is 12.0. The van der Waals surface area contributed by atoms with E-state index >= 15 is 0 Å². The monoisotopic (exact) mass is 267 g/mol. The zero-order valence-corrected chi connectivity index (χ0v) is 10.9. The van der Waals surface area contributed by atoms with Gasteiger partial charge in [0.1, 0.15) is 11.6 Å². The van der Waals surface area contributed by atoms with Gasteiger partial charge in [0.05, 0.1) is 11.0 Å². The van der Waals surface area contributed by atoms with Crippen LogP contribution in [0.4, 0.5) is 10.1 Å². The molecule has 0 aliphatic heterocycles. The van der Waals surface area contributed by atoms with Gasteiger partial charge in [0.2, 0.25) is 0 Å². The molecule has 0 atom stereocenters. The van der Waals surface area contributed by atoms with Crippen LogP contribution in [0.2, 0.25) is 0 Å². The highest BCUT2D eigenvalue weighted by Gasteiger charge is 2.12. The summed E-state index contributed by atoms with van der Waals surface area (Å²) >= 11 is 0. The lowest BCUT2D eigenvalue weighted by Crippen LogP contribution is -1.98. The smallest absolute Gasteiger partial charge is 0.141 e. The Kier molecular flexibility index (Phi) is 2.99. The molecule has 0 fully saturated rings. The van der Waals surface area contributed by atoms with E-state index in [1.165, 1.54) is 12.1 Å². The van der Waals surface area contributed by atoms with Crippen molar-refractivity contribution in [2.45, 2.75) is 6.54 Å². The number of halogens is 1. The van der Waals surface area contributed by atoms with Gasteiger partial charge in [-0.1, -0.05) is 18.2 Å². The summed E-state index contributed by atoms with van der Waals surface area (Å²) in [5, 5.41) is 0. The molecule has 0 saturated carbocycles. The molecule has 0 saturated heterocycles. The minimum atomic E-state index is -0.278. The van der Waals surface area contributed by atoms with Gasteiger partial charge in [0.25, 0.3) is 0 Å². The first-order valence-corrected chi connectivity index (χ1v) is 6.31. The van der Waals surface area contributed by atoms with Crippen molar-refractivity contribution in [2.75, 3.05) is 5.73 Å². The average molecular weight is 267 g/mol. The highest BCUT2D eigenvalue weighted by atomic mass is 19.1. The second-order valence-corrected chi connectivity index (χ2v) is 4.59. The number of aromatic nitrogens is 2. The molecule has 1 heterocycles. The highest BCUT2D eigenvalue weighted by molar-refractivity contribution is 5.83. The molecule has 0 radical (unpaired) electrons. The lowest BCUT2D eigenvalue weighted by Gasteiger charge is -2.06. The van der Waals surface area contributed by atoms with Gasteiger partial charge < -0.3 is 10.3 Å². The summed E-state index contributed by atoms with van der Waals surface area (Å²) in [5.41, 5.74) is 8.94. The molecule has 0 unspecified atom stereocenters. The fraction of sp³-hybridized carbons (Fsp3) is 0.0625. The predicted molar refractivity (Wildman–Crippen MR) is 79.7 cm³/mol. The Morgan fingerprint density at radius 1 is 1.25 bits per heavy atom. The third-order valence-corrected chi connectivity index (χ3v) is 3.17. The molecule has 3 nitrogen and oxygen atoms in total. The topological polar surface area (TPSA) is 43.8 Å². The molecule has 2 N–H and O–H groups in total. The van der Waals surface area contributed by atoms with Crippen LogP contribution in [0, 0.1) is 5.82 Å². The number of fused-ring (bicyclic) bond motifs is 1. The molecule has 0 aliphatic carbocycles. The maximum atomic E-state index is 13.4. The van der Waals surface area contributed by atoms with Gasteiger partial charge in [-0.3, -0.25) is 0 Å². The average Bonchev–Trinajstić information content (AvgIpc) is 2.77. The van der Waals surface area contributed by atoms with Gasteiger partial charge in [0, 0.05) is 17.8 Å². The van der Waals surface area contributed by atoms with Crippen molar-refractivity contribution >= 4 is 16.7 Å². The maximum absolute atomic E-state index is 13.4. The Morgan fingerprint density at radius 2 is 2.10 bits per heavy atom. The quantitative estimate of drug-likeness (QED) is 0.582.